The predicted molar refractivity (Wildman–Crippen MR) is 75.0 cm³/mol. The molecule has 0 aliphatic rings. The van der Waals surface area contributed by atoms with E-state index < -0.39 is 0 Å². The zero-order valence-corrected chi connectivity index (χ0v) is 11.2. The standard InChI is InChI=1S/C14H18N4O/c1-3-15-14(19)11-5-4-6-12(9-11)17-10-13-16-7-8-18(13)2/h4-9,17H,3,10H2,1-2H3,(H,15,19). The molecular formula is C14H18N4O. The van der Waals surface area contributed by atoms with E-state index in [2.05, 4.69) is 15.6 Å². The lowest BCUT2D eigenvalue weighted by molar-refractivity contribution is 0.0956. The molecule has 0 atom stereocenters. The van der Waals surface area contributed by atoms with Crippen LogP contribution in [0.5, 0.6) is 0 Å². The van der Waals surface area contributed by atoms with Gasteiger partial charge < -0.3 is 15.2 Å². The average Bonchev–Trinajstić information content (AvgIpc) is 2.82. The van der Waals surface area contributed by atoms with Crippen molar-refractivity contribution in [2.24, 2.45) is 7.05 Å². The molecule has 0 radical (unpaired) electrons. The Balaban J connectivity index is 2.03. The second-order valence-electron chi connectivity index (χ2n) is 4.25. The number of nitrogens with one attached hydrogen (secondary N) is 2. The molecule has 0 aliphatic carbocycles. The molecule has 0 fully saturated rings. The van der Waals surface area contributed by atoms with Crippen molar-refractivity contribution in [3.8, 4) is 0 Å². The molecule has 0 saturated carbocycles. The number of hydrogen-bond acceptors (Lipinski definition) is 3. The van der Waals surface area contributed by atoms with Crippen LogP contribution >= 0.6 is 0 Å². The van der Waals surface area contributed by atoms with Gasteiger partial charge in [-0.25, -0.2) is 4.98 Å². The number of hydrogen-bond donors (Lipinski definition) is 2. The molecule has 0 aliphatic heterocycles. The first-order chi connectivity index (χ1) is 9.20. The smallest absolute Gasteiger partial charge is 0.251 e. The molecule has 5 heteroatoms. The zero-order chi connectivity index (χ0) is 13.7. The first-order valence-electron chi connectivity index (χ1n) is 6.29. The number of carbonyl (C=O) groups is 1. The molecule has 1 aromatic carbocycles. The number of benzene rings is 1. The molecule has 2 aromatic rings. The topological polar surface area (TPSA) is 59.0 Å². The Labute approximate surface area is 112 Å². The van der Waals surface area contributed by atoms with Crippen molar-refractivity contribution < 1.29 is 4.79 Å². The van der Waals surface area contributed by atoms with Crippen molar-refractivity contribution in [2.45, 2.75) is 13.5 Å². The van der Waals surface area contributed by atoms with E-state index in [-0.39, 0.29) is 5.91 Å². The van der Waals surface area contributed by atoms with E-state index in [9.17, 15) is 4.79 Å². The van der Waals surface area contributed by atoms with Crippen LogP contribution in [0.3, 0.4) is 0 Å². The summed E-state index contributed by atoms with van der Waals surface area (Å²) in [5.41, 5.74) is 1.57. The third-order valence-corrected chi connectivity index (χ3v) is 2.83. The van der Waals surface area contributed by atoms with Crippen molar-refractivity contribution in [1.29, 1.82) is 0 Å². The minimum Gasteiger partial charge on any atom is -0.378 e. The van der Waals surface area contributed by atoms with Crippen LogP contribution in [0, 0.1) is 0 Å². The SMILES string of the molecule is CCNC(=O)c1cccc(NCc2nccn2C)c1. The summed E-state index contributed by atoms with van der Waals surface area (Å²) in [6.07, 6.45) is 3.67. The molecule has 1 aromatic heterocycles. The molecule has 19 heavy (non-hydrogen) atoms. The van der Waals surface area contributed by atoms with Gasteiger partial charge in [-0.05, 0) is 25.1 Å². The minimum atomic E-state index is -0.0526. The van der Waals surface area contributed by atoms with Crippen LogP contribution in [-0.4, -0.2) is 22.0 Å². The molecule has 100 valence electrons. The van der Waals surface area contributed by atoms with Gasteiger partial charge >= 0.3 is 0 Å². The maximum Gasteiger partial charge on any atom is 0.251 e. The van der Waals surface area contributed by atoms with Gasteiger partial charge in [0, 0.05) is 37.2 Å². The van der Waals surface area contributed by atoms with E-state index in [1.807, 2.05) is 42.9 Å². The van der Waals surface area contributed by atoms with Gasteiger partial charge in [0.05, 0.1) is 6.54 Å². The molecule has 2 N–H and O–H groups in total. The Bertz CT molecular complexity index is 562. The molecule has 1 heterocycles. The van der Waals surface area contributed by atoms with Crippen molar-refractivity contribution >= 4 is 11.6 Å². The third-order valence-electron chi connectivity index (χ3n) is 2.83. The summed E-state index contributed by atoms with van der Waals surface area (Å²) in [7, 11) is 1.95. The molecule has 2 rings (SSSR count). The normalized spacial score (nSPS) is 10.2. The molecular weight excluding hydrogens is 240 g/mol. The van der Waals surface area contributed by atoms with Gasteiger partial charge in [0.2, 0.25) is 0 Å². The monoisotopic (exact) mass is 258 g/mol. The number of rotatable bonds is 5. The number of aromatic nitrogens is 2. The first-order valence-corrected chi connectivity index (χ1v) is 6.29. The third kappa shape index (κ3) is 3.34. The maximum atomic E-state index is 11.7. The van der Waals surface area contributed by atoms with Crippen molar-refractivity contribution in [1.82, 2.24) is 14.9 Å². The largest absolute Gasteiger partial charge is 0.378 e. The van der Waals surface area contributed by atoms with Gasteiger partial charge in [0.25, 0.3) is 5.91 Å². The van der Waals surface area contributed by atoms with Gasteiger partial charge in [0.15, 0.2) is 0 Å². The Morgan fingerprint density at radius 1 is 1.42 bits per heavy atom. The van der Waals surface area contributed by atoms with Crippen molar-refractivity contribution in [2.75, 3.05) is 11.9 Å². The fourth-order valence-electron chi connectivity index (χ4n) is 1.78. The van der Waals surface area contributed by atoms with Crippen LogP contribution in [-0.2, 0) is 13.6 Å². The molecule has 0 spiro atoms. The summed E-state index contributed by atoms with van der Waals surface area (Å²) >= 11 is 0. The Kier molecular flexibility index (Phi) is 4.18. The van der Waals surface area contributed by atoms with Gasteiger partial charge in [-0.15, -0.1) is 0 Å². The summed E-state index contributed by atoms with van der Waals surface area (Å²) in [6, 6.07) is 7.45. The summed E-state index contributed by atoms with van der Waals surface area (Å²) in [6.45, 7) is 3.16. The van der Waals surface area contributed by atoms with Crippen LogP contribution < -0.4 is 10.6 Å². The highest BCUT2D eigenvalue weighted by Crippen LogP contribution is 2.11. The van der Waals surface area contributed by atoms with Crippen LogP contribution in [0.1, 0.15) is 23.1 Å². The summed E-state index contributed by atoms with van der Waals surface area (Å²) in [5, 5.41) is 6.05. The van der Waals surface area contributed by atoms with Crippen molar-refractivity contribution in [3.05, 3.63) is 48.0 Å². The average molecular weight is 258 g/mol. The van der Waals surface area contributed by atoms with Gasteiger partial charge in [-0.2, -0.15) is 0 Å². The highest BCUT2D eigenvalue weighted by molar-refractivity contribution is 5.95. The Morgan fingerprint density at radius 3 is 2.95 bits per heavy atom. The lowest BCUT2D eigenvalue weighted by atomic mass is 10.2. The van der Waals surface area contributed by atoms with Gasteiger partial charge in [0.1, 0.15) is 5.82 Å². The number of imidazole rings is 1. The van der Waals surface area contributed by atoms with E-state index in [4.69, 9.17) is 0 Å². The van der Waals surface area contributed by atoms with Crippen LogP contribution in [0.15, 0.2) is 36.7 Å². The van der Waals surface area contributed by atoms with E-state index in [1.165, 1.54) is 0 Å². The molecule has 1 amide bonds. The first kappa shape index (κ1) is 13.1. The minimum absolute atomic E-state index is 0.0526. The van der Waals surface area contributed by atoms with Crippen LogP contribution in [0.25, 0.3) is 0 Å². The lowest BCUT2D eigenvalue weighted by Gasteiger charge is -2.08. The number of anilines is 1. The highest BCUT2D eigenvalue weighted by atomic mass is 16.1. The summed E-state index contributed by atoms with van der Waals surface area (Å²) in [4.78, 5) is 16.0. The van der Waals surface area contributed by atoms with E-state index in [0.717, 1.165) is 11.5 Å². The van der Waals surface area contributed by atoms with Crippen LogP contribution in [0.4, 0.5) is 5.69 Å². The number of amides is 1. The van der Waals surface area contributed by atoms with E-state index >= 15 is 0 Å². The fourth-order valence-corrected chi connectivity index (χ4v) is 1.78. The number of nitrogens with zero attached hydrogens (tertiary/aromatic N) is 2. The number of carbonyl (C=O) groups excluding carboxylic acids is 1. The number of aryl methyl sites for hydroxylation is 1. The van der Waals surface area contributed by atoms with E-state index in [1.54, 1.807) is 12.3 Å². The van der Waals surface area contributed by atoms with E-state index in [0.29, 0.717) is 18.7 Å². The lowest BCUT2D eigenvalue weighted by Crippen LogP contribution is -2.22. The second kappa shape index (κ2) is 6.04. The Morgan fingerprint density at radius 2 is 2.26 bits per heavy atom. The second-order valence-corrected chi connectivity index (χ2v) is 4.25. The molecule has 5 nitrogen and oxygen atoms in total. The highest BCUT2D eigenvalue weighted by Gasteiger charge is 2.05. The zero-order valence-electron chi connectivity index (χ0n) is 11.2. The molecule has 0 unspecified atom stereocenters. The van der Waals surface area contributed by atoms with Gasteiger partial charge in [-0.1, -0.05) is 6.07 Å². The summed E-state index contributed by atoms with van der Waals surface area (Å²) in [5.74, 6) is 0.895. The quantitative estimate of drug-likeness (QED) is 0.859. The van der Waals surface area contributed by atoms with Crippen LogP contribution in [0.2, 0.25) is 0 Å². The molecule has 0 bridgehead atoms. The van der Waals surface area contributed by atoms with Gasteiger partial charge in [-0.3, -0.25) is 4.79 Å². The Hall–Kier alpha value is -2.30. The molecule has 0 saturated heterocycles. The summed E-state index contributed by atoms with van der Waals surface area (Å²) < 4.78 is 1.96. The maximum absolute atomic E-state index is 11.7. The van der Waals surface area contributed by atoms with Crippen molar-refractivity contribution in [3.63, 3.8) is 0 Å². The fraction of sp³-hybridized carbons (Fsp3) is 0.286. The predicted octanol–water partition coefficient (Wildman–Crippen LogP) is 1.78.